The number of ketones is 1. The van der Waals surface area contributed by atoms with Crippen LogP contribution in [-0.2, 0) is 4.79 Å². The number of hydrogen-bond acceptors (Lipinski definition) is 7. The van der Waals surface area contributed by atoms with Crippen molar-refractivity contribution < 1.29 is 14.3 Å². The fourth-order valence-electron chi connectivity index (χ4n) is 4.84. The number of nitriles is 1. The molecule has 0 saturated carbocycles. The number of Topliss-reactive ketones (excluding diaryl/α,β-unsaturated/α-hetero) is 1. The molecule has 0 saturated heterocycles. The van der Waals surface area contributed by atoms with Crippen LogP contribution in [0, 0.1) is 11.3 Å². The first-order valence-electron chi connectivity index (χ1n) is 10.4. The van der Waals surface area contributed by atoms with E-state index in [1.807, 2.05) is 41.3 Å². The molecule has 160 valence electrons. The number of nitrogens with two attached hydrogens (primary N) is 1. The number of methoxy groups -OCH3 is 2. The summed E-state index contributed by atoms with van der Waals surface area (Å²) in [5.41, 5.74) is 10.6. The van der Waals surface area contributed by atoms with E-state index in [-0.39, 0.29) is 5.78 Å². The molecule has 0 bridgehead atoms. The standard InChI is InChI=1S/C25H22N4O3/c1-31-20-11-10-14(12-21(20)32-2)22-16(13-26)25-28-24(27)15-6-3-4-7-17(15)29(25)18-8-5-9-19(30)23(18)22/h3-4,6-7,10-12,22H,5,8-9H2,1-2H3,(H2,27,28)/t22-/m1/s1. The lowest BCUT2D eigenvalue weighted by Crippen LogP contribution is -2.39. The smallest absolute Gasteiger partial charge is 0.161 e. The molecular weight excluding hydrogens is 404 g/mol. The summed E-state index contributed by atoms with van der Waals surface area (Å²) in [5.74, 6) is 1.47. The van der Waals surface area contributed by atoms with Gasteiger partial charge in [-0.15, -0.1) is 0 Å². The van der Waals surface area contributed by atoms with E-state index in [4.69, 9.17) is 15.2 Å². The number of rotatable bonds is 3. The quantitative estimate of drug-likeness (QED) is 0.802. The van der Waals surface area contributed by atoms with E-state index in [2.05, 4.69) is 11.1 Å². The molecule has 0 unspecified atom stereocenters. The number of amidine groups is 1. The monoisotopic (exact) mass is 426 g/mol. The highest BCUT2D eigenvalue weighted by Crippen LogP contribution is 2.50. The number of carbonyl (C=O) groups is 1. The Bertz CT molecular complexity index is 1280. The Labute approximate surface area is 186 Å². The Kier molecular flexibility index (Phi) is 4.71. The average molecular weight is 426 g/mol. The number of fused-ring (bicyclic) bond motifs is 4. The number of hydrogen-bond donors (Lipinski definition) is 1. The van der Waals surface area contributed by atoms with Crippen LogP contribution in [0.2, 0.25) is 0 Å². The van der Waals surface area contributed by atoms with E-state index in [1.165, 1.54) is 0 Å². The largest absolute Gasteiger partial charge is 0.493 e. The van der Waals surface area contributed by atoms with Crippen LogP contribution in [0.25, 0.3) is 0 Å². The van der Waals surface area contributed by atoms with Crippen LogP contribution in [0.3, 0.4) is 0 Å². The lowest BCUT2D eigenvalue weighted by Gasteiger charge is -2.41. The molecule has 2 N–H and O–H groups in total. The van der Waals surface area contributed by atoms with Crippen molar-refractivity contribution in [1.29, 1.82) is 5.26 Å². The third kappa shape index (κ3) is 2.80. The summed E-state index contributed by atoms with van der Waals surface area (Å²) in [6.45, 7) is 0. The van der Waals surface area contributed by atoms with Gasteiger partial charge in [-0.2, -0.15) is 5.26 Å². The van der Waals surface area contributed by atoms with Crippen LogP contribution >= 0.6 is 0 Å². The van der Waals surface area contributed by atoms with Crippen molar-refractivity contribution in [2.45, 2.75) is 25.2 Å². The van der Waals surface area contributed by atoms with Crippen molar-refractivity contribution >= 4 is 17.3 Å². The first-order chi connectivity index (χ1) is 15.6. The molecule has 0 spiro atoms. The lowest BCUT2D eigenvalue weighted by molar-refractivity contribution is -0.116. The van der Waals surface area contributed by atoms with Crippen LogP contribution in [-0.4, -0.2) is 25.8 Å². The highest BCUT2D eigenvalue weighted by atomic mass is 16.5. The average Bonchev–Trinajstić information content (AvgIpc) is 2.83. The van der Waals surface area contributed by atoms with Gasteiger partial charge in [-0.25, -0.2) is 4.99 Å². The van der Waals surface area contributed by atoms with Crippen molar-refractivity contribution in [2.75, 3.05) is 19.1 Å². The van der Waals surface area contributed by atoms with Crippen molar-refractivity contribution in [3.8, 4) is 17.6 Å². The van der Waals surface area contributed by atoms with Gasteiger partial charge in [0.15, 0.2) is 23.1 Å². The number of benzene rings is 2. The number of allylic oxidation sites excluding steroid dienone is 3. The molecular formula is C25H22N4O3. The molecule has 1 atom stereocenters. The maximum absolute atomic E-state index is 13.3. The van der Waals surface area contributed by atoms with E-state index in [0.29, 0.717) is 40.7 Å². The van der Waals surface area contributed by atoms with E-state index in [9.17, 15) is 10.1 Å². The van der Waals surface area contributed by atoms with Gasteiger partial charge in [0, 0.05) is 23.3 Å². The molecule has 2 aromatic rings. The summed E-state index contributed by atoms with van der Waals surface area (Å²) >= 11 is 0. The zero-order valence-corrected chi connectivity index (χ0v) is 17.9. The summed E-state index contributed by atoms with van der Waals surface area (Å²) < 4.78 is 10.9. The second kappa shape index (κ2) is 7.57. The molecule has 7 nitrogen and oxygen atoms in total. The van der Waals surface area contributed by atoms with Gasteiger partial charge < -0.3 is 15.2 Å². The Hall–Kier alpha value is -4.05. The molecule has 7 heteroatoms. The van der Waals surface area contributed by atoms with Crippen molar-refractivity contribution in [2.24, 2.45) is 10.7 Å². The highest BCUT2D eigenvalue weighted by molar-refractivity contribution is 6.08. The van der Waals surface area contributed by atoms with Gasteiger partial charge in [-0.1, -0.05) is 18.2 Å². The second-order valence-corrected chi connectivity index (χ2v) is 7.88. The summed E-state index contributed by atoms with van der Waals surface area (Å²) in [4.78, 5) is 19.9. The van der Waals surface area contributed by atoms with Gasteiger partial charge >= 0.3 is 0 Å². The first kappa shape index (κ1) is 19.9. The van der Waals surface area contributed by atoms with Gasteiger partial charge in [0.1, 0.15) is 5.84 Å². The summed E-state index contributed by atoms with van der Waals surface area (Å²) in [6, 6.07) is 15.5. The molecule has 0 amide bonds. The van der Waals surface area contributed by atoms with E-state index in [0.717, 1.165) is 35.4 Å². The summed E-state index contributed by atoms with van der Waals surface area (Å²) in [5, 5.41) is 10.3. The minimum absolute atomic E-state index is 0.0536. The van der Waals surface area contributed by atoms with Crippen molar-refractivity contribution in [3.63, 3.8) is 0 Å². The van der Waals surface area contributed by atoms with Crippen LogP contribution in [0.4, 0.5) is 5.69 Å². The van der Waals surface area contributed by atoms with Crippen molar-refractivity contribution in [3.05, 3.63) is 76.3 Å². The highest BCUT2D eigenvalue weighted by Gasteiger charge is 2.43. The molecule has 0 aromatic heterocycles. The molecule has 5 rings (SSSR count). The number of carbonyl (C=O) groups excluding carboxylic acids is 1. The zero-order valence-electron chi connectivity index (χ0n) is 17.9. The summed E-state index contributed by atoms with van der Waals surface area (Å²) in [7, 11) is 3.13. The number of aliphatic imine (C=N–C) groups is 1. The molecule has 32 heavy (non-hydrogen) atoms. The Morgan fingerprint density at radius 2 is 1.91 bits per heavy atom. The fraction of sp³-hybridized carbons (Fsp3) is 0.240. The number of nitrogens with zero attached hydrogens (tertiary/aromatic N) is 3. The molecule has 0 fully saturated rings. The van der Waals surface area contributed by atoms with Gasteiger partial charge in [-0.3, -0.25) is 9.69 Å². The third-order valence-electron chi connectivity index (χ3n) is 6.24. The van der Waals surface area contributed by atoms with Crippen LogP contribution in [0.5, 0.6) is 11.5 Å². The van der Waals surface area contributed by atoms with Crippen LogP contribution in [0.15, 0.2) is 70.1 Å². The van der Waals surface area contributed by atoms with Crippen LogP contribution < -0.4 is 20.1 Å². The van der Waals surface area contributed by atoms with Crippen molar-refractivity contribution in [1.82, 2.24) is 0 Å². The lowest BCUT2D eigenvalue weighted by atomic mass is 9.75. The molecule has 2 heterocycles. The minimum atomic E-state index is -0.546. The van der Waals surface area contributed by atoms with Gasteiger partial charge in [0.25, 0.3) is 0 Å². The maximum atomic E-state index is 13.3. The Morgan fingerprint density at radius 1 is 1.12 bits per heavy atom. The normalized spacial score (nSPS) is 19.5. The molecule has 1 aliphatic carbocycles. The number of ether oxygens (including phenoxy) is 2. The van der Waals surface area contributed by atoms with Gasteiger partial charge in [0.05, 0.1) is 37.5 Å². The fourth-order valence-corrected chi connectivity index (χ4v) is 4.84. The topological polar surface area (TPSA) is 101 Å². The van der Waals surface area contributed by atoms with E-state index < -0.39 is 5.92 Å². The number of para-hydroxylation sites is 1. The maximum Gasteiger partial charge on any atom is 0.161 e. The molecule has 3 aliphatic rings. The minimum Gasteiger partial charge on any atom is -0.493 e. The van der Waals surface area contributed by atoms with E-state index in [1.54, 1.807) is 20.3 Å². The van der Waals surface area contributed by atoms with Gasteiger partial charge in [-0.05, 0) is 42.7 Å². The molecule has 2 aromatic carbocycles. The first-order valence-corrected chi connectivity index (χ1v) is 10.4. The predicted octanol–water partition coefficient (Wildman–Crippen LogP) is 3.77. The summed E-state index contributed by atoms with van der Waals surface area (Å²) in [6.07, 6.45) is 1.93. The third-order valence-corrected chi connectivity index (χ3v) is 6.24. The van der Waals surface area contributed by atoms with Gasteiger partial charge in [0.2, 0.25) is 0 Å². The number of anilines is 1. The molecule has 2 aliphatic heterocycles. The Balaban J connectivity index is 1.80. The zero-order chi connectivity index (χ0) is 22.4. The second-order valence-electron chi connectivity index (χ2n) is 7.88. The van der Waals surface area contributed by atoms with E-state index >= 15 is 0 Å². The molecule has 0 radical (unpaired) electrons. The predicted molar refractivity (Wildman–Crippen MR) is 120 cm³/mol. The van der Waals surface area contributed by atoms with Crippen LogP contribution in [0.1, 0.15) is 36.3 Å². The SMILES string of the molecule is COc1ccc([C@@H]2C(C#N)=C3N=C(N)c4ccccc4N3C3=C2C(=O)CCC3)cc1OC. The Morgan fingerprint density at radius 3 is 2.66 bits per heavy atom.